The second kappa shape index (κ2) is 8.29. The molecule has 0 atom stereocenters. The zero-order valence-electron chi connectivity index (χ0n) is 17.0. The van der Waals surface area contributed by atoms with Crippen molar-refractivity contribution in [3.05, 3.63) is 71.9 Å². The highest BCUT2D eigenvalue weighted by Crippen LogP contribution is 2.29. The highest BCUT2D eigenvalue weighted by Gasteiger charge is 2.13. The predicted octanol–water partition coefficient (Wildman–Crippen LogP) is 3.22. The van der Waals surface area contributed by atoms with Crippen molar-refractivity contribution < 1.29 is 9.53 Å². The number of carbonyl (C=O) groups excluding carboxylic acids is 1. The Bertz CT molecular complexity index is 1210. The summed E-state index contributed by atoms with van der Waals surface area (Å²) >= 11 is 0. The van der Waals surface area contributed by atoms with Gasteiger partial charge >= 0.3 is 0 Å². The van der Waals surface area contributed by atoms with Crippen molar-refractivity contribution in [2.24, 2.45) is 5.73 Å². The molecule has 5 rings (SSSR count). The third-order valence-electron chi connectivity index (χ3n) is 5.61. The van der Waals surface area contributed by atoms with Crippen LogP contribution in [0.2, 0.25) is 0 Å². The lowest BCUT2D eigenvalue weighted by Gasteiger charge is -2.26. The molecular formula is C24H23N5O2. The van der Waals surface area contributed by atoms with Gasteiger partial charge in [-0.1, -0.05) is 36.4 Å². The maximum Gasteiger partial charge on any atom is 0.248 e. The first-order valence-electron chi connectivity index (χ1n) is 10.3. The second-order valence-electron chi connectivity index (χ2n) is 7.67. The molecule has 2 aromatic heterocycles. The highest BCUT2D eigenvalue weighted by molar-refractivity contribution is 5.95. The van der Waals surface area contributed by atoms with E-state index in [0.29, 0.717) is 11.2 Å². The van der Waals surface area contributed by atoms with Crippen LogP contribution < -0.4 is 5.73 Å². The summed E-state index contributed by atoms with van der Waals surface area (Å²) < 4.78 is 5.42. The van der Waals surface area contributed by atoms with Crippen LogP contribution in [0, 0.1) is 0 Å². The maximum absolute atomic E-state index is 11.3. The Labute approximate surface area is 179 Å². The molecule has 7 heteroatoms. The molecule has 1 saturated heterocycles. The average Bonchev–Trinajstić information content (AvgIpc) is 3.25. The van der Waals surface area contributed by atoms with Crippen molar-refractivity contribution in [2.45, 2.75) is 6.54 Å². The fourth-order valence-corrected chi connectivity index (χ4v) is 3.89. The number of nitrogens with one attached hydrogen (secondary N) is 1. The molecule has 0 saturated carbocycles. The predicted molar refractivity (Wildman–Crippen MR) is 119 cm³/mol. The molecule has 0 aliphatic carbocycles. The molecule has 1 aliphatic rings. The summed E-state index contributed by atoms with van der Waals surface area (Å²) in [7, 11) is 0. The SMILES string of the molecule is NC(=O)c1ccc(-c2ccnc3nc(-c4ccc(CN5CCOCC5)cc4)[nH]c23)cc1. The molecule has 0 spiro atoms. The number of hydrogen-bond donors (Lipinski definition) is 2. The standard InChI is InChI=1S/C24H23N5O2/c25-22(30)18-7-5-17(6-8-18)20-9-10-26-24-21(20)27-23(28-24)19-3-1-16(2-4-19)15-29-11-13-31-14-12-29/h1-10H,11-15H2,(H2,25,30)(H,26,27,28). The van der Waals surface area contributed by atoms with Gasteiger partial charge < -0.3 is 15.5 Å². The minimum atomic E-state index is -0.438. The zero-order chi connectivity index (χ0) is 21.2. The quantitative estimate of drug-likeness (QED) is 0.524. The molecule has 156 valence electrons. The number of nitrogens with two attached hydrogens (primary N) is 1. The number of carbonyl (C=O) groups is 1. The van der Waals surface area contributed by atoms with Crippen molar-refractivity contribution in [1.29, 1.82) is 0 Å². The first-order chi connectivity index (χ1) is 15.2. The Balaban J connectivity index is 1.42. The van der Waals surface area contributed by atoms with Gasteiger partial charge in [-0.25, -0.2) is 9.97 Å². The summed E-state index contributed by atoms with van der Waals surface area (Å²) in [5.41, 5.74) is 11.6. The smallest absolute Gasteiger partial charge is 0.248 e. The fourth-order valence-electron chi connectivity index (χ4n) is 3.89. The van der Waals surface area contributed by atoms with E-state index in [1.165, 1.54) is 5.56 Å². The van der Waals surface area contributed by atoms with Crippen LogP contribution in [0.15, 0.2) is 60.8 Å². The topological polar surface area (TPSA) is 97.1 Å². The first-order valence-corrected chi connectivity index (χ1v) is 10.3. The Morgan fingerprint density at radius 3 is 2.42 bits per heavy atom. The van der Waals surface area contributed by atoms with E-state index < -0.39 is 5.91 Å². The number of pyridine rings is 1. The van der Waals surface area contributed by atoms with Crippen LogP contribution in [0.3, 0.4) is 0 Å². The van der Waals surface area contributed by atoms with Gasteiger partial charge in [0.25, 0.3) is 0 Å². The van der Waals surface area contributed by atoms with Crippen molar-refractivity contribution in [3.8, 4) is 22.5 Å². The van der Waals surface area contributed by atoms with E-state index in [1.807, 2.05) is 18.2 Å². The minimum Gasteiger partial charge on any atom is -0.379 e. The van der Waals surface area contributed by atoms with Gasteiger partial charge in [0.2, 0.25) is 5.91 Å². The molecule has 7 nitrogen and oxygen atoms in total. The molecule has 3 N–H and O–H groups in total. The van der Waals surface area contributed by atoms with Crippen molar-refractivity contribution in [3.63, 3.8) is 0 Å². The second-order valence-corrected chi connectivity index (χ2v) is 7.67. The van der Waals surface area contributed by atoms with Crippen LogP contribution in [-0.4, -0.2) is 52.1 Å². The largest absolute Gasteiger partial charge is 0.379 e. The average molecular weight is 413 g/mol. The van der Waals surface area contributed by atoms with E-state index in [2.05, 4.69) is 39.1 Å². The van der Waals surface area contributed by atoms with Gasteiger partial charge in [0, 0.05) is 42.5 Å². The van der Waals surface area contributed by atoms with Crippen LogP contribution in [-0.2, 0) is 11.3 Å². The van der Waals surface area contributed by atoms with E-state index in [0.717, 1.165) is 60.9 Å². The normalized spacial score (nSPS) is 14.7. The summed E-state index contributed by atoms with van der Waals surface area (Å²) in [5.74, 6) is 0.342. The van der Waals surface area contributed by atoms with E-state index in [-0.39, 0.29) is 0 Å². The number of nitrogens with zero attached hydrogens (tertiary/aromatic N) is 3. The van der Waals surface area contributed by atoms with Crippen LogP contribution in [0.5, 0.6) is 0 Å². The monoisotopic (exact) mass is 413 g/mol. The molecule has 0 unspecified atom stereocenters. The summed E-state index contributed by atoms with van der Waals surface area (Å²) in [6, 6.07) is 17.6. The molecule has 4 aromatic rings. The van der Waals surface area contributed by atoms with Gasteiger partial charge in [-0.2, -0.15) is 0 Å². The number of H-pyrrole nitrogens is 1. The molecule has 1 aliphatic heterocycles. The number of hydrogen-bond acceptors (Lipinski definition) is 5. The van der Waals surface area contributed by atoms with Gasteiger partial charge in [-0.3, -0.25) is 9.69 Å². The lowest BCUT2D eigenvalue weighted by atomic mass is 10.0. The lowest BCUT2D eigenvalue weighted by Crippen LogP contribution is -2.35. The van der Waals surface area contributed by atoms with E-state index in [4.69, 9.17) is 15.5 Å². The molecule has 31 heavy (non-hydrogen) atoms. The van der Waals surface area contributed by atoms with Gasteiger partial charge in [-0.05, 0) is 29.3 Å². The van der Waals surface area contributed by atoms with Crippen LogP contribution in [0.1, 0.15) is 15.9 Å². The summed E-state index contributed by atoms with van der Waals surface area (Å²) in [4.78, 5) is 26.3. The minimum absolute atomic E-state index is 0.438. The van der Waals surface area contributed by atoms with E-state index in [9.17, 15) is 4.79 Å². The molecular weight excluding hydrogens is 390 g/mol. The van der Waals surface area contributed by atoms with Crippen LogP contribution in [0.25, 0.3) is 33.7 Å². The molecule has 1 fully saturated rings. The Hall–Kier alpha value is -3.55. The number of aromatic amines is 1. The molecule has 3 heterocycles. The van der Waals surface area contributed by atoms with Crippen molar-refractivity contribution in [2.75, 3.05) is 26.3 Å². The molecule has 0 bridgehead atoms. The van der Waals surface area contributed by atoms with Gasteiger partial charge in [-0.15, -0.1) is 0 Å². The summed E-state index contributed by atoms with van der Waals surface area (Å²) in [6.45, 7) is 4.48. The number of morpholine rings is 1. The summed E-state index contributed by atoms with van der Waals surface area (Å²) in [6.07, 6.45) is 1.75. The van der Waals surface area contributed by atoms with Crippen LogP contribution >= 0.6 is 0 Å². The maximum atomic E-state index is 11.3. The lowest BCUT2D eigenvalue weighted by molar-refractivity contribution is 0.0342. The Morgan fingerprint density at radius 2 is 1.71 bits per heavy atom. The van der Waals surface area contributed by atoms with Gasteiger partial charge in [0.15, 0.2) is 5.65 Å². The Kier molecular flexibility index (Phi) is 5.19. The molecule has 2 aromatic carbocycles. The zero-order valence-corrected chi connectivity index (χ0v) is 17.0. The number of rotatable bonds is 5. The number of imidazole rings is 1. The molecule has 0 radical (unpaired) electrons. The summed E-state index contributed by atoms with van der Waals surface area (Å²) in [5, 5.41) is 0. The number of ether oxygens (including phenoxy) is 1. The van der Waals surface area contributed by atoms with Crippen LogP contribution in [0.4, 0.5) is 0 Å². The number of primary amides is 1. The number of amides is 1. The van der Waals surface area contributed by atoms with Gasteiger partial charge in [0.05, 0.1) is 18.7 Å². The Morgan fingerprint density at radius 1 is 1.00 bits per heavy atom. The van der Waals surface area contributed by atoms with Crippen molar-refractivity contribution >= 4 is 17.1 Å². The molecule has 1 amide bonds. The fraction of sp³-hybridized carbons (Fsp3) is 0.208. The third-order valence-corrected chi connectivity index (χ3v) is 5.61. The van der Waals surface area contributed by atoms with E-state index >= 15 is 0 Å². The number of aromatic nitrogens is 3. The van der Waals surface area contributed by atoms with Crippen molar-refractivity contribution in [1.82, 2.24) is 19.9 Å². The first kappa shape index (κ1) is 19.4. The third kappa shape index (κ3) is 4.05. The van der Waals surface area contributed by atoms with E-state index in [1.54, 1.807) is 18.3 Å². The highest BCUT2D eigenvalue weighted by atomic mass is 16.5. The number of fused-ring (bicyclic) bond motifs is 1. The number of benzene rings is 2. The van der Waals surface area contributed by atoms with Gasteiger partial charge in [0.1, 0.15) is 5.82 Å².